The fraction of sp³-hybridized carbons (Fsp3) is 0.250. The summed E-state index contributed by atoms with van der Waals surface area (Å²) in [6, 6.07) is 7.32. The lowest BCUT2D eigenvalue weighted by molar-refractivity contribution is -0.384. The van der Waals surface area contributed by atoms with Gasteiger partial charge in [0.1, 0.15) is 0 Å². The fourth-order valence-electron chi connectivity index (χ4n) is 2.22. The Morgan fingerprint density at radius 3 is 2.77 bits per heavy atom. The first kappa shape index (κ1) is 17.3. The average Bonchev–Trinajstić information content (AvgIpc) is 3.30. The van der Waals surface area contributed by atoms with Gasteiger partial charge in [0.15, 0.2) is 12.3 Å². The topological polar surface area (TPSA) is 137 Å². The van der Waals surface area contributed by atoms with Crippen LogP contribution in [0.5, 0.6) is 0 Å². The van der Waals surface area contributed by atoms with E-state index < -0.39 is 10.9 Å². The molecule has 2 heterocycles. The van der Waals surface area contributed by atoms with Crippen LogP contribution in [0, 0.1) is 10.1 Å². The molecule has 3 rings (SSSR count). The number of nitrogens with zero attached hydrogens (tertiary/aromatic N) is 4. The molecule has 134 valence electrons. The number of aromatic amines is 1. The van der Waals surface area contributed by atoms with Crippen LogP contribution in [0.4, 0.5) is 5.69 Å². The van der Waals surface area contributed by atoms with Crippen molar-refractivity contribution in [3.63, 3.8) is 0 Å². The molecular weight excluding hydrogens is 342 g/mol. The van der Waals surface area contributed by atoms with Gasteiger partial charge in [-0.05, 0) is 24.6 Å². The highest BCUT2D eigenvalue weighted by atomic mass is 16.6. The minimum atomic E-state index is -0.598. The van der Waals surface area contributed by atoms with E-state index in [1.54, 1.807) is 6.07 Å². The van der Waals surface area contributed by atoms with Crippen LogP contribution in [0.15, 0.2) is 34.7 Å². The van der Waals surface area contributed by atoms with Crippen molar-refractivity contribution in [3.8, 4) is 11.5 Å². The van der Waals surface area contributed by atoms with Crippen molar-refractivity contribution >= 4 is 11.7 Å². The Morgan fingerprint density at radius 2 is 2.08 bits per heavy atom. The quantitative estimate of drug-likeness (QED) is 0.387. The molecule has 26 heavy (non-hydrogen) atoms. The number of aromatic nitrogens is 4. The zero-order valence-electron chi connectivity index (χ0n) is 13.8. The van der Waals surface area contributed by atoms with E-state index >= 15 is 0 Å². The van der Waals surface area contributed by atoms with Gasteiger partial charge in [0.25, 0.3) is 11.6 Å². The maximum Gasteiger partial charge on any atom is 0.359 e. The highest BCUT2D eigenvalue weighted by Crippen LogP contribution is 2.21. The van der Waals surface area contributed by atoms with E-state index in [0.717, 1.165) is 18.5 Å². The number of ether oxygens (including phenoxy) is 1. The van der Waals surface area contributed by atoms with Crippen molar-refractivity contribution in [2.45, 2.75) is 26.4 Å². The van der Waals surface area contributed by atoms with Gasteiger partial charge in [0, 0.05) is 23.4 Å². The van der Waals surface area contributed by atoms with E-state index in [1.165, 1.54) is 24.3 Å². The van der Waals surface area contributed by atoms with Crippen molar-refractivity contribution in [2.24, 2.45) is 0 Å². The predicted octanol–water partition coefficient (Wildman–Crippen LogP) is 2.68. The van der Waals surface area contributed by atoms with Crippen molar-refractivity contribution in [1.29, 1.82) is 0 Å². The van der Waals surface area contributed by atoms with Gasteiger partial charge < -0.3 is 9.15 Å². The number of nitrogens with one attached hydrogen (secondary N) is 1. The number of aryl methyl sites for hydroxylation is 1. The number of carbonyl (C=O) groups is 1. The van der Waals surface area contributed by atoms with Gasteiger partial charge in [0.05, 0.1) is 4.92 Å². The standard InChI is InChI=1S/C16H15N5O5/c1-2-3-11-8-13(18-17-11)16(22)25-9-14-19-20-15(26-14)10-4-6-12(7-5-10)21(23)24/h4-8H,2-3,9H2,1H3,(H,17,18). The molecule has 0 radical (unpaired) electrons. The molecule has 0 atom stereocenters. The summed E-state index contributed by atoms with van der Waals surface area (Å²) < 4.78 is 10.5. The largest absolute Gasteiger partial charge is 0.451 e. The minimum Gasteiger partial charge on any atom is -0.451 e. The summed E-state index contributed by atoms with van der Waals surface area (Å²) in [6.07, 6.45) is 1.73. The SMILES string of the molecule is CCCc1cc(C(=O)OCc2nnc(-c3ccc([N+](=O)[O-])cc3)o2)n[nH]1. The summed E-state index contributed by atoms with van der Waals surface area (Å²) in [6.45, 7) is 1.83. The number of nitro benzene ring substituents is 1. The van der Waals surface area contributed by atoms with Crippen LogP contribution in [0.3, 0.4) is 0 Å². The summed E-state index contributed by atoms with van der Waals surface area (Å²) in [4.78, 5) is 22.1. The zero-order valence-corrected chi connectivity index (χ0v) is 13.8. The lowest BCUT2D eigenvalue weighted by atomic mass is 10.2. The lowest BCUT2D eigenvalue weighted by Crippen LogP contribution is -2.05. The van der Waals surface area contributed by atoms with E-state index in [2.05, 4.69) is 20.4 Å². The second-order valence-corrected chi connectivity index (χ2v) is 5.41. The lowest BCUT2D eigenvalue weighted by Gasteiger charge is -1.98. The second kappa shape index (κ2) is 7.55. The van der Waals surface area contributed by atoms with E-state index in [4.69, 9.17) is 9.15 Å². The number of hydrogen-bond acceptors (Lipinski definition) is 8. The molecule has 0 saturated heterocycles. The molecule has 10 nitrogen and oxygen atoms in total. The van der Waals surface area contributed by atoms with Gasteiger partial charge in [-0.3, -0.25) is 15.2 Å². The van der Waals surface area contributed by atoms with Crippen LogP contribution in [-0.2, 0) is 17.8 Å². The van der Waals surface area contributed by atoms with Gasteiger partial charge in [-0.2, -0.15) is 5.10 Å². The third-order valence-electron chi connectivity index (χ3n) is 3.48. The highest BCUT2D eigenvalue weighted by Gasteiger charge is 2.15. The van der Waals surface area contributed by atoms with Gasteiger partial charge in [-0.15, -0.1) is 10.2 Å². The van der Waals surface area contributed by atoms with Gasteiger partial charge >= 0.3 is 5.97 Å². The molecule has 3 aromatic rings. The Bertz CT molecular complexity index is 915. The summed E-state index contributed by atoms with van der Waals surface area (Å²) >= 11 is 0. The number of carbonyl (C=O) groups excluding carboxylic acids is 1. The summed E-state index contributed by atoms with van der Waals surface area (Å²) in [5.41, 5.74) is 1.53. The first-order chi connectivity index (χ1) is 12.6. The number of H-pyrrole nitrogens is 1. The van der Waals surface area contributed by atoms with Crippen LogP contribution in [0.2, 0.25) is 0 Å². The number of hydrogen-bond donors (Lipinski definition) is 1. The zero-order chi connectivity index (χ0) is 18.5. The van der Waals surface area contributed by atoms with Gasteiger partial charge in [-0.25, -0.2) is 4.79 Å². The van der Waals surface area contributed by atoms with Crippen molar-refractivity contribution in [2.75, 3.05) is 0 Å². The molecule has 0 spiro atoms. The second-order valence-electron chi connectivity index (χ2n) is 5.41. The molecule has 0 bridgehead atoms. The van der Waals surface area contributed by atoms with E-state index in [1.807, 2.05) is 6.92 Å². The molecule has 10 heteroatoms. The molecule has 2 aromatic heterocycles. The number of esters is 1. The number of benzene rings is 1. The van der Waals surface area contributed by atoms with Crippen LogP contribution >= 0.6 is 0 Å². The molecule has 0 aliphatic heterocycles. The third kappa shape index (κ3) is 3.91. The van der Waals surface area contributed by atoms with Gasteiger partial charge in [-0.1, -0.05) is 13.3 Å². The van der Waals surface area contributed by atoms with Crippen molar-refractivity contribution < 1.29 is 18.9 Å². The molecule has 0 saturated carbocycles. The van der Waals surface area contributed by atoms with Crippen molar-refractivity contribution in [1.82, 2.24) is 20.4 Å². The first-order valence-electron chi connectivity index (χ1n) is 7.85. The maximum atomic E-state index is 12.0. The summed E-state index contributed by atoms with van der Waals surface area (Å²) in [5, 5.41) is 25.0. The highest BCUT2D eigenvalue weighted by molar-refractivity contribution is 5.87. The third-order valence-corrected chi connectivity index (χ3v) is 3.48. The molecular formula is C16H15N5O5. The molecule has 0 unspecified atom stereocenters. The predicted molar refractivity (Wildman–Crippen MR) is 88.1 cm³/mol. The Kier molecular flexibility index (Phi) is 5.02. The van der Waals surface area contributed by atoms with E-state index in [0.29, 0.717) is 5.56 Å². The molecule has 1 aromatic carbocycles. The molecule has 1 N–H and O–H groups in total. The maximum absolute atomic E-state index is 12.0. The van der Waals surface area contributed by atoms with E-state index in [9.17, 15) is 14.9 Å². The number of nitro groups is 1. The summed E-state index contributed by atoms with van der Waals surface area (Å²) in [5.74, 6) is -0.314. The monoisotopic (exact) mass is 357 g/mol. The molecule has 0 fully saturated rings. The molecule has 0 amide bonds. The first-order valence-corrected chi connectivity index (χ1v) is 7.85. The summed E-state index contributed by atoms with van der Waals surface area (Å²) in [7, 11) is 0. The van der Waals surface area contributed by atoms with Crippen LogP contribution < -0.4 is 0 Å². The normalized spacial score (nSPS) is 10.7. The molecule has 0 aliphatic carbocycles. The van der Waals surface area contributed by atoms with Crippen LogP contribution in [0.1, 0.15) is 35.4 Å². The number of rotatable bonds is 7. The smallest absolute Gasteiger partial charge is 0.359 e. The van der Waals surface area contributed by atoms with Gasteiger partial charge in [0.2, 0.25) is 5.89 Å². The Balaban J connectivity index is 1.61. The van der Waals surface area contributed by atoms with Crippen LogP contribution in [-0.4, -0.2) is 31.3 Å². The Hall–Kier alpha value is -3.56. The van der Waals surface area contributed by atoms with Crippen molar-refractivity contribution in [3.05, 3.63) is 57.7 Å². The molecule has 0 aliphatic rings. The number of non-ortho nitro benzene ring substituents is 1. The Labute approximate surface area is 147 Å². The van der Waals surface area contributed by atoms with Crippen LogP contribution in [0.25, 0.3) is 11.5 Å². The van der Waals surface area contributed by atoms with E-state index in [-0.39, 0.29) is 29.8 Å². The fourth-order valence-corrected chi connectivity index (χ4v) is 2.22. The average molecular weight is 357 g/mol. The minimum absolute atomic E-state index is 0.0381. The Morgan fingerprint density at radius 1 is 1.31 bits per heavy atom.